The number of fused-ring (bicyclic) bond motifs is 1. The number of halogens is 1. The third-order valence-corrected chi connectivity index (χ3v) is 4.15. The Labute approximate surface area is 118 Å². The molecule has 1 aliphatic carbocycles. The lowest BCUT2D eigenvalue weighted by Crippen LogP contribution is -2.16. The summed E-state index contributed by atoms with van der Waals surface area (Å²) in [6.07, 6.45) is 6.53. The summed E-state index contributed by atoms with van der Waals surface area (Å²) < 4.78 is 15.0. The minimum atomic E-state index is -0.195. The molecule has 0 bridgehead atoms. The van der Waals surface area contributed by atoms with Gasteiger partial charge in [0.15, 0.2) is 0 Å². The van der Waals surface area contributed by atoms with Crippen molar-refractivity contribution < 1.29 is 4.39 Å². The van der Waals surface area contributed by atoms with Crippen LogP contribution in [0.25, 0.3) is 0 Å². The fourth-order valence-electron chi connectivity index (χ4n) is 3.11. The maximum atomic E-state index is 12.9. The molecule has 1 heterocycles. The van der Waals surface area contributed by atoms with Gasteiger partial charge in [0.2, 0.25) is 0 Å². The van der Waals surface area contributed by atoms with Crippen LogP contribution < -0.4 is 5.73 Å². The van der Waals surface area contributed by atoms with Crippen LogP contribution in [0.5, 0.6) is 0 Å². The van der Waals surface area contributed by atoms with Gasteiger partial charge in [-0.05, 0) is 61.4 Å². The molecule has 106 valence electrons. The molecule has 0 amide bonds. The van der Waals surface area contributed by atoms with Crippen molar-refractivity contribution in [3.05, 3.63) is 53.1 Å². The molecule has 1 aliphatic rings. The first-order valence-electron chi connectivity index (χ1n) is 7.27. The van der Waals surface area contributed by atoms with Gasteiger partial charge >= 0.3 is 0 Å². The van der Waals surface area contributed by atoms with Crippen molar-refractivity contribution in [3.63, 3.8) is 0 Å². The highest BCUT2D eigenvalue weighted by atomic mass is 19.1. The van der Waals surface area contributed by atoms with Gasteiger partial charge in [-0.25, -0.2) is 4.39 Å². The van der Waals surface area contributed by atoms with Gasteiger partial charge in [-0.1, -0.05) is 12.1 Å². The van der Waals surface area contributed by atoms with E-state index in [0.29, 0.717) is 12.5 Å². The summed E-state index contributed by atoms with van der Waals surface area (Å²) in [7, 11) is 0. The lowest BCUT2D eigenvalue weighted by molar-refractivity contribution is 0.506. The van der Waals surface area contributed by atoms with Crippen LogP contribution in [-0.4, -0.2) is 16.3 Å². The van der Waals surface area contributed by atoms with Gasteiger partial charge in [-0.2, -0.15) is 5.10 Å². The summed E-state index contributed by atoms with van der Waals surface area (Å²) >= 11 is 0. The van der Waals surface area contributed by atoms with Crippen molar-refractivity contribution in [2.24, 2.45) is 5.73 Å². The van der Waals surface area contributed by atoms with Crippen LogP contribution >= 0.6 is 0 Å². The monoisotopic (exact) mass is 273 g/mol. The van der Waals surface area contributed by atoms with E-state index in [4.69, 9.17) is 5.73 Å². The molecule has 0 fully saturated rings. The van der Waals surface area contributed by atoms with Gasteiger partial charge in [0, 0.05) is 5.69 Å². The number of hydrogen-bond acceptors (Lipinski definition) is 2. The van der Waals surface area contributed by atoms with E-state index in [2.05, 4.69) is 9.78 Å². The molecule has 1 aromatic carbocycles. The minimum Gasteiger partial charge on any atom is -0.330 e. The van der Waals surface area contributed by atoms with Crippen molar-refractivity contribution >= 4 is 0 Å². The molecule has 0 saturated heterocycles. The van der Waals surface area contributed by atoms with Crippen LogP contribution in [0.3, 0.4) is 0 Å². The predicted molar refractivity (Wildman–Crippen MR) is 77.1 cm³/mol. The smallest absolute Gasteiger partial charge is 0.123 e. The first-order chi connectivity index (χ1) is 9.78. The van der Waals surface area contributed by atoms with Gasteiger partial charge in [-0.15, -0.1) is 0 Å². The summed E-state index contributed by atoms with van der Waals surface area (Å²) in [6.45, 7) is 1.44. The maximum Gasteiger partial charge on any atom is 0.123 e. The Balaban J connectivity index is 1.83. The minimum absolute atomic E-state index is 0.195. The average molecular weight is 273 g/mol. The van der Waals surface area contributed by atoms with Crippen molar-refractivity contribution in [2.45, 2.75) is 38.1 Å². The quantitative estimate of drug-likeness (QED) is 0.931. The molecular weight excluding hydrogens is 253 g/mol. The second-order valence-electron chi connectivity index (χ2n) is 5.50. The SMILES string of the molecule is NCCC1CCCc2c1cnn2Cc1ccc(F)cc1. The lowest BCUT2D eigenvalue weighted by Gasteiger charge is -2.22. The molecule has 1 atom stereocenters. The van der Waals surface area contributed by atoms with E-state index in [1.54, 1.807) is 0 Å². The van der Waals surface area contributed by atoms with Crippen molar-refractivity contribution in [2.75, 3.05) is 6.54 Å². The molecule has 0 radical (unpaired) electrons. The van der Waals surface area contributed by atoms with Crippen LogP contribution in [0.2, 0.25) is 0 Å². The van der Waals surface area contributed by atoms with E-state index in [1.165, 1.54) is 36.2 Å². The van der Waals surface area contributed by atoms with E-state index in [-0.39, 0.29) is 5.82 Å². The number of nitrogens with two attached hydrogens (primary N) is 1. The maximum absolute atomic E-state index is 12.9. The topological polar surface area (TPSA) is 43.8 Å². The molecule has 1 unspecified atom stereocenters. The zero-order chi connectivity index (χ0) is 13.9. The zero-order valence-electron chi connectivity index (χ0n) is 11.6. The Bertz CT molecular complexity index is 574. The van der Waals surface area contributed by atoms with Gasteiger partial charge in [0.05, 0.1) is 12.7 Å². The van der Waals surface area contributed by atoms with Crippen molar-refractivity contribution in [3.8, 4) is 0 Å². The summed E-state index contributed by atoms with van der Waals surface area (Å²) in [5.41, 5.74) is 9.48. The van der Waals surface area contributed by atoms with E-state index < -0.39 is 0 Å². The lowest BCUT2D eigenvalue weighted by atomic mass is 9.85. The van der Waals surface area contributed by atoms with E-state index >= 15 is 0 Å². The molecule has 0 spiro atoms. The molecule has 3 nitrogen and oxygen atoms in total. The molecule has 1 aromatic heterocycles. The van der Waals surface area contributed by atoms with Crippen LogP contribution in [0.15, 0.2) is 30.5 Å². The Morgan fingerprint density at radius 2 is 2.10 bits per heavy atom. The third kappa shape index (κ3) is 2.61. The second kappa shape index (κ2) is 5.75. The number of benzene rings is 1. The normalized spacial score (nSPS) is 18.0. The van der Waals surface area contributed by atoms with Gasteiger partial charge in [0.25, 0.3) is 0 Å². The Kier molecular flexibility index (Phi) is 3.83. The molecule has 3 rings (SSSR count). The largest absolute Gasteiger partial charge is 0.330 e. The molecule has 2 aromatic rings. The average Bonchev–Trinajstić information content (AvgIpc) is 2.86. The summed E-state index contributed by atoms with van der Waals surface area (Å²) in [6, 6.07) is 6.65. The standard InChI is InChI=1S/C16H20FN3/c17-14-6-4-12(5-7-14)11-20-16-3-1-2-13(8-9-18)15(16)10-19-20/h4-7,10,13H,1-3,8-9,11,18H2. The van der Waals surface area contributed by atoms with Gasteiger partial charge in [0.1, 0.15) is 5.82 Å². The summed E-state index contributed by atoms with van der Waals surface area (Å²) in [4.78, 5) is 0. The first-order valence-corrected chi connectivity index (χ1v) is 7.27. The Morgan fingerprint density at radius 3 is 2.85 bits per heavy atom. The molecule has 0 aliphatic heterocycles. The van der Waals surface area contributed by atoms with Crippen LogP contribution in [0.1, 0.15) is 42.0 Å². The fourth-order valence-corrected chi connectivity index (χ4v) is 3.11. The Hall–Kier alpha value is -1.68. The highest BCUT2D eigenvalue weighted by Crippen LogP contribution is 2.33. The zero-order valence-corrected chi connectivity index (χ0v) is 11.6. The highest BCUT2D eigenvalue weighted by Gasteiger charge is 2.23. The van der Waals surface area contributed by atoms with E-state index in [1.807, 2.05) is 18.3 Å². The number of aromatic nitrogens is 2. The predicted octanol–water partition coefficient (Wildman–Crippen LogP) is 2.84. The molecule has 20 heavy (non-hydrogen) atoms. The van der Waals surface area contributed by atoms with E-state index in [0.717, 1.165) is 24.9 Å². The molecule has 4 heteroatoms. The number of rotatable bonds is 4. The van der Waals surface area contributed by atoms with Gasteiger partial charge in [-0.3, -0.25) is 4.68 Å². The van der Waals surface area contributed by atoms with Crippen LogP contribution in [-0.2, 0) is 13.0 Å². The summed E-state index contributed by atoms with van der Waals surface area (Å²) in [5, 5.41) is 4.53. The van der Waals surface area contributed by atoms with Gasteiger partial charge < -0.3 is 5.73 Å². The summed E-state index contributed by atoms with van der Waals surface area (Å²) in [5.74, 6) is 0.366. The van der Waals surface area contributed by atoms with Crippen LogP contribution in [0.4, 0.5) is 4.39 Å². The van der Waals surface area contributed by atoms with Crippen molar-refractivity contribution in [1.29, 1.82) is 0 Å². The number of nitrogens with zero attached hydrogens (tertiary/aromatic N) is 2. The fraction of sp³-hybridized carbons (Fsp3) is 0.438. The molecule has 0 saturated carbocycles. The molecule has 2 N–H and O–H groups in total. The highest BCUT2D eigenvalue weighted by molar-refractivity contribution is 5.27. The van der Waals surface area contributed by atoms with Crippen molar-refractivity contribution in [1.82, 2.24) is 9.78 Å². The third-order valence-electron chi connectivity index (χ3n) is 4.15. The Morgan fingerprint density at radius 1 is 1.30 bits per heavy atom. The molecular formula is C16H20FN3. The first kappa shape index (κ1) is 13.3. The second-order valence-corrected chi connectivity index (χ2v) is 5.50. The van der Waals surface area contributed by atoms with E-state index in [9.17, 15) is 4.39 Å². The number of hydrogen-bond donors (Lipinski definition) is 1. The van der Waals surface area contributed by atoms with Crippen LogP contribution in [0, 0.1) is 5.82 Å².